The molecule has 0 bridgehead atoms. The number of carbonyl (C=O) groups excluding carboxylic acids is 1. The summed E-state index contributed by atoms with van der Waals surface area (Å²) >= 11 is 0. The summed E-state index contributed by atoms with van der Waals surface area (Å²) in [5.74, 6) is 4.11. The molecule has 0 amide bonds. The largest absolute Gasteiger partial charge is 0.462 e. The summed E-state index contributed by atoms with van der Waals surface area (Å²) in [5.41, 5.74) is 3.98. The molecule has 0 aromatic carbocycles. The minimum atomic E-state index is -0.136. The van der Waals surface area contributed by atoms with Crippen LogP contribution < -0.4 is 0 Å². The first kappa shape index (κ1) is 23.8. The number of rotatable bonds is 5. The molecule has 2 heteroatoms. The van der Waals surface area contributed by atoms with Crippen LogP contribution in [0.4, 0.5) is 0 Å². The molecular weight excluding hydrogens is 392 g/mol. The van der Waals surface area contributed by atoms with E-state index in [-0.39, 0.29) is 17.5 Å². The average Bonchev–Trinajstić information content (AvgIpc) is 3.08. The zero-order valence-electron chi connectivity index (χ0n) is 21.6. The van der Waals surface area contributed by atoms with E-state index in [1.165, 1.54) is 31.3 Å². The van der Waals surface area contributed by atoms with Gasteiger partial charge in [0.2, 0.25) is 0 Å². The summed E-state index contributed by atoms with van der Waals surface area (Å²) in [6, 6.07) is 0. The van der Waals surface area contributed by atoms with Gasteiger partial charge in [-0.3, -0.25) is 4.79 Å². The van der Waals surface area contributed by atoms with E-state index in [0.29, 0.717) is 29.1 Å². The number of carbonyl (C=O) groups is 1. The Balaban J connectivity index is 1.54. The quantitative estimate of drug-likeness (QED) is 0.322. The van der Waals surface area contributed by atoms with Crippen molar-refractivity contribution in [3.05, 3.63) is 35.5 Å². The molecule has 178 valence electrons. The highest BCUT2D eigenvalue weighted by Crippen LogP contribution is 2.66. The van der Waals surface area contributed by atoms with E-state index in [9.17, 15) is 4.79 Å². The van der Waals surface area contributed by atoms with Crippen LogP contribution in [0.1, 0.15) is 93.4 Å². The fourth-order valence-corrected chi connectivity index (χ4v) is 7.92. The maximum atomic E-state index is 11.5. The number of hydrogen-bond donors (Lipinski definition) is 0. The lowest BCUT2D eigenvalue weighted by molar-refractivity contribution is -0.148. The lowest BCUT2D eigenvalue weighted by atomic mass is 9.50. The second-order valence-corrected chi connectivity index (χ2v) is 12.4. The summed E-state index contributed by atoms with van der Waals surface area (Å²) in [5, 5.41) is 0. The Kier molecular flexibility index (Phi) is 6.56. The zero-order valence-corrected chi connectivity index (χ0v) is 21.6. The Bertz CT molecular complexity index is 817. The number of hydrogen-bond acceptors (Lipinski definition) is 2. The molecule has 8 atom stereocenters. The van der Waals surface area contributed by atoms with Crippen LogP contribution in [0.2, 0.25) is 0 Å². The molecule has 0 saturated heterocycles. The smallest absolute Gasteiger partial charge is 0.302 e. The van der Waals surface area contributed by atoms with E-state index in [1.807, 2.05) is 0 Å². The highest BCUT2D eigenvalue weighted by atomic mass is 16.5. The minimum Gasteiger partial charge on any atom is -0.462 e. The van der Waals surface area contributed by atoms with E-state index < -0.39 is 0 Å². The minimum absolute atomic E-state index is 0.0763. The molecule has 3 saturated carbocycles. The molecule has 0 aromatic rings. The van der Waals surface area contributed by atoms with Crippen molar-refractivity contribution in [1.29, 1.82) is 0 Å². The van der Waals surface area contributed by atoms with E-state index >= 15 is 0 Å². The normalized spacial score (nSPS) is 40.8. The number of allylic oxidation sites excluding steroid dienone is 5. The monoisotopic (exact) mass is 438 g/mol. The highest BCUT2D eigenvalue weighted by Gasteiger charge is 2.56. The Morgan fingerprint density at radius 2 is 1.75 bits per heavy atom. The van der Waals surface area contributed by atoms with Gasteiger partial charge in [0.05, 0.1) is 0 Å². The van der Waals surface area contributed by atoms with Crippen LogP contribution in [0, 0.1) is 46.3 Å². The molecule has 0 radical (unpaired) electrons. The summed E-state index contributed by atoms with van der Waals surface area (Å²) in [6.45, 7) is 16.1. The van der Waals surface area contributed by atoms with Crippen LogP contribution in [0.25, 0.3) is 0 Å². The van der Waals surface area contributed by atoms with Gasteiger partial charge in [-0.15, -0.1) is 0 Å². The maximum Gasteiger partial charge on any atom is 0.302 e. The van der Waals surface area contributed by atoms with Gasteiger partial charge in [0.1, 0.15) is 6.10 Å². The van der Waals surface area contributed by atoms with E-state index in [4.69, 9.17) is 4.74 Å². The topological polar surface area (TPSA) is 26.3 Å². The third kappa shape index (κ3) is 4.05. The standard InChI is InChI=1S/C30H46O2/c1-19(2)20(3)8-9-21(4)26-12-13-27-25-11-10-23-18-24(32-22(5)31)14-16-29(23,6)28(25)15-17-30(26,27)7/h8-11,19-21,24,26-28H,12-18H2,1-7H3/b9-8+/t20-,21-,24-,26-,27-,28+,29-,30+/m1/s1. The van der Waals surface area contributed by atoms with Gasteiger partial charge in [-0.2, -0.15) is 0 Å². The van der Waals surface area contributed by atoms with Gasteiger partial charge in [-0.25, -0.2) is 0 Å². The van der Waals surface area contributed by atoms with E-state index in [2.05, 4.69) is 65.8 Å². The van der Waals surface area contributed by atoms with Crippen molar-refractivity contribution in [2.45, 2.75) is 99.5 Å². The molecule has 4 aliphatic carbocycles. The van der Waals surface area contributed by atoms with E-state index in [0.717, 1.165) is 31.1 Å². The molecule has 2 nitrogen and oxygen atoms in total. The van der Waals surface area contributed by atoms with Gasteiger partial charge >= 0.3 is 5.97 Å². The second-order valence-electron chi connectivity index (χ2n) is 12.4. The third-order valence-electron chi connectivity index (χ3n) is 10.3. The fourth-order valence-electron chi connectivity index (χ4n) is 7.92. The molecule has 4 rings (SSSR count). The molecule has 0 unspecified atom stereocenters. The molecule has 0 N–H and O–H groups in total. The lowest BCUT2D eigenvalue weighted by Crippen LogP contribution is -2.46. The summed E-state index contributed by atoms with van der Waals surface area (Å²) in [7, 11) is 0. The van der Waals surface area contributed by atoms with Crippen molar-refractivity contribution in [2.75, 3.05) is 0 Å². The molecule has 0 aromatic heterocycles. The maximum absolute atomic E-state index is 11.5. The number of ether oxygens (including phenoxy) is 1. The van der Waals surface area contributed by atoms with Crippen LogP contribution in [0.5, 0.6) is 0 Å². The van der Waals surface area contributed by atoms with Crippen molar-refractivity contribution in [1.82, 2.24) is 0 Å². The molecular formula is C30H46O2. The van der Waals surface area contributed by atoms with Crippen molar-refractivity contribution in [3.8, 4) is 0 Å². The Morgan fingerprint density at radius 1 is 1.00 bits per heavy atom. The van der Waals surface area contributed by atoms with Crippen LogP contribution in [0.15, 0.2) is 35.5 Å². The molecule has 4 aliphatic rings. The average molecular weight is 439 g/mol. The highest BCUT2D eigenvalue weighted by molar-refractivity contribution is 5.66. The molecule has 0 aliphatic heterocycles. The van der Waals surface area contributed by atoms with Crippen LogP contribution in [-0.2, 0) is 9.53 Å². The predicted molar refractivity (Wildman–Crippen MR) is 133 cm³/mol. The van der Waals surface area contributed by atoms with Gasteiger partial charge in [0.15, 0.2) is 0 Å². The zero-order chi connectivity index (χ0) is 23.3. The summed E-state index contributed by atoms with van der Waals surface area (Å²) in [4.78, 5) is 11.5. The van der Waals surface area contributed by atoms with Crippen LogP contribution >= 0.6 is 0 Å². The first-order valence-corrected chi connectivity index (χ1v) is 13.3. The molecule has 0 spiro atoms. The molecule has 3 fully saturated rings. The lowest BCUT2D eigenvalue weighted by Gasteiger charge is -2.55. The van der Waals surface area contributed by atoms with Crippen molar-refractivity contribution >= 4 is 5.97 Å². The Hall–Kier alpha value is -1.31. The van der Waals surface area contributed by atoms with Gasteiger partial charge in [-0.1, -0.05) is 77.0 Å². The van der Waals surface area contributed by atoms with E-state index in [1.54, 1.807) is 12.5 Å². The van der Waals surface area contributed by atoms with Crippen molar-refractivity contribution < 1.29 is 9.53 Å². The van der Waals surface area contributed by atoms with Gasteiger partial charge < -0.3 is 4.74 Å². The molecule has 32 heavy (non-hydrogen) atoms. The predicted octanol–water partition coefficient (Wildman–Crippen LogP) is 7.90. The Labute approximate surface area is 197 Å². The summed E-state index contributed by atoms with van der Waals surface area (Å²) in [6.07, 6.45) is 18.5. The van der Waals surface area contributed by atoms with Crippen molar-refractivity contribution in [3.63, 3.8) is 0 Å². The SMILES string of the molecule is CC(=O)O[C@@H]1CC[C@]2(C)C(=CC=C3[C@H]4CC[C@H]([C@H](C)/C=C/[C@@H](C)C(C)C)[C@]4(C)CC[C@@H]32)C1. The number of fused-ring (bicyclic) bond motifs is 5. The third-order valence-corrected chi connectivity index (χ3v) is 10.3. The van der Waals surface area contributed by atoms with Gasteiger partial charge in [-0.05, 0) is 84.9 Å². The van der Waals surface area contributed by atoms with Gasteiger partial charge in [0, 0.05) is 13.3 Å². The van der Waals surface area contributed by atoms with Gasteiger partial charge in [0.25, 0.3) is 0 Å². The Morgan fingerprint density at radius 3 is 2.44 bits per heavy atom. The first-order valence-electron chi connectivity index (χ1n) is 13.3. The van der Waals surface area contributed by atoms with Crippen molar-refractivity contribution in [2.24, 2.45) is 46.3 Å². The number of esters is 1. The fraction of sp³-hybridized carbons (Fsp3) is 0.767. The van der Waals surface area contributed by atoms with Crippen LogP contribution in [0.3, 0.4) is 0 Å². The summed E-state index contributed by atoms with van der Waals surface area (Å²) < 4.78 is 5.59. The molecule has 0 heterocycles. The van der Waals surface area contributed by atoms with Crippen LogP contribution in [-0.4, -0.2) is 12.1 Å². The first-order chi connectivity index (χ1) is 15.1. The second kappa shape index (κ2) is 8.80.